The fraction of sp³-hybridized carbons (Fsp3) is 0.118. The number of benzene rings is 2. The molecule has 11 heteroatoms. The topological polar surface area (TPSA) is 116 Å². The monoisotopic (exact) mass is 379 g/mol. The second-order valence-electron chi connectivity index (χ2n) is 5.97. The molecule has 140 valence electrons. The Morgan fingerprint density at radius 3 is 2.71 bits per heavy atom. The number of nitrogens with zero attached hydrogens (tertiary/aromatic N) is 8. The molecule has 2 aromatic carbocycles. The number of rotatable bonds is 5. The van der Waals surface area contributed by atoms with E-state index in [2.05, 4.69) is 36.3 Å². The molecule has 28 heavy (non-hydrogen) atoms. The highest BCUT2D eigenvalue weighted by molar-refractivity contribution is 5.90. The number of anilines is 1. The van der Waals surface area contributed by atoms with Crippen LogP contribution in [0.1, 0.15) is 5.56 Å². The molecule has 0 bridgehead atoms. The van der Waals surface area contributed by atoms with Gasteiger partial charge in [-0.05, 0) is 64.5 Å². The zero-order valence-electron chi connectivity index (χ0n) is 14.7. The van der Waals surface area contributed by atoms with E-state index in [0.717, 1.165) is 5.56 Å². The highest BCUT2D eigenvalue weighted by Gasteiger charge is 2.15. The van der Waals surface area contributed by atoms with Gasteiger partial charge in [0.1, 0.15) is 18.7 Å². The van der Waals surface area contributed by atoms with Crippen molar-refractivity contribution in [2.75, 3.05) is 5.32 Å². The van der Waals surface area contributed by atoms with Crippen molar-refractivity contribution in [2.24, 2.45) is 0 Å². The lowest BCUT2D eigenvalue weighted by Gasteiger charge is -2.06. The third-order valence-electron chi connectivity index (χ3n) is 3.86. The van der Waals surface area contributed by atoms with Crippen LogP contribution in [-0.4, -0.2) is 46.3 Å². The average Bonchev–Trinajstić information content (AvgIpc) is 3.36. The quantitative estimate of drug-likeness (QED) is 0.557. The lowest BCUT2D eigenvalue weighted by Crippen LogP contribution is -2.20. The molecule has 0 radical (unpaired) electrons. The second-order valence-corrected chi connectivity index (χ2v) is 5.97. The van der Waals surface area contributed by atoms with Crippen LogP contribution in [0.3, 0.4) is 0 Å². The average molecular weight is 379 g/mol. The summed E-state index contributed by atoms with van der Waals surface area (Å²) in [6.45, 7) is 1.80. The number of carbonyl (C=O) groups is 1. The molecule has 10 nitrogen and oxygen atoms in total. The number of aromatic nitrogens is 8. The van der Waals surface area contributed by atoms with Gasteiger partial charge in [-0.3, -0.25) is 4.79 Å². The van der Waals surface area contributed by atoms with Gasteiger partial charge in [-0.25, -0.2) is 4.39 Å². The molecule has 0 unspecified atom stereocenters. The van der Waals surface area contributed by atoms with Crippen LogP contribution in [0.2, 0.25) is 0 Å². The first kappa shape index (κ1) is 17.4. The minimum atomic E-state index is -0.378. The van der Waals surface area contributed by atoms with E-state index in [9.17, 15) is 9.18 Å². The highest BCUT2D eigenvalue weighted by atomic mass is 19.1. The summed E-state index contributed by atoms with van der Waals surface area (Å²) in [5.41, 5.74) is 2.86. The number of aryl methyl sites for hydroxylation is 1. The minimum Gasteiger partial charge on any atom is -0.324 e. The number of hydrogen-bond acceptors (Lipinski definition) is 7. The fourth-order valence-electron chi connectivity index (χ4n) is 2.57. The number of tetrazole rings is 2. The molecule has 4 aromatic rings. The van der Waals surface area contributed by atoms with Crippen LogP contribution in [0.25, 0.3) is 17.1 Å². The largest absolute Gasteiger partial charge is 0.324 e. The minimum absolute atomic E-state index is 0.142. The van der Waals surface area contributed by atoms with E-state index in [1.807, 2.05) is 25.1 Å². The maximum Gasteiger partial charge on any atom is 0.248 e. The zero-order valence-corrected chi connectivity index (χ0v) is 14.7. The van der Waals surface area contributed by atoms with Gasteiger partial charge >= 0.3 is 0 Å². The predicted octanol–water partition coefficient (Wildman–Crippen LogP) is 1.40. The number of nitrogens with one attached hydrogen (secondary N) is 1. The van der Waals surface area contributed by atoms with Crippen LogP contribution in [0.4, 0.5) is 10.1 Å². The Morgan fingerprint density at radius 2 is 1.96 bits per heavy atom. The van der Waals surface area contributed by atoms with Gasteiger partial charge in [0.15, 0.2) is 0 Å². The first-order valence-electron chi connectivity index (χ1n) is 8.26. The zero-order chi connectivity index (χ0) is 19.5. The van der Waals surface area contributed by atoms with E-state index in [0.29, 0.717) is 22.8 Å². The summed E-state index contributed by atoms with van der Waals surface area (Å²) in [6, 6.07) is 11.1. The van der Waals surface area contributed by atoms with E-state index in [4.69, 9.17) is 0 Å². The van der Waals surface area contributed by atoms with Gasteiger partial charge in [-0.2, -0.15) is 9.48 Å². The maximum absolute atomic E-state index is 12.9. The fourth-order valence-corrected chi connectivity index (χ4v) is 2.57. The standard InChI is InChI=1S/C17H14FN9O/c1-11-2-7-14(15(8-11)26-10-19-23-25-26)17-21-24-27(22-17)9-16(28)20-13-5-3-12(18)4-6-13/h2-8,10H,9H2,1H3,(H,20,28). The maximum atomic E-state index is 12.9. The third-order valence-corrected chi connectivity index (χ3v) is 3.86. The van der Waals surface area contributed by atoms with E-state index < -0.39 is 0 Å². The number of amides is 1. The molecular formula is C17H14FN9O. The molecule has 1 N–H and O–H groups in total. The summed E-state index contributed by atoms with van der Waals surface area (Å²) in [5, 5.41) is 26.1. The number of hydrogen-bond donors (Lipinski definition) is 1. The Morgan fingerprint density at radius 1 is 1.14 bits per heavy atom. The van der Waals surface area contributed by atoms with Gasteiger partial charge in [0.05, 0.1) is 5.69 Å². The van der Waals surface area contributed by atoms with Crippen LogP contribution >= 0.6 is 0 Å². The van der Waals surface area contributed by atoms with E-state index in [-0.39, 0.29) is 18.3 Å². The molecule has 0 aliphatic carbocycles. The summed E-state index contributed by atoms with van der Waals surface area (Å²) in [5.74, 6) is -0.405. The lowest BCUT2D eigenvalue weighted by molar-refractivity contribution is -0.117. The van der Waals surface area contributed by atoms with E-state index in [1.54, 1.807) is 0 Å². The van der Waals surface area contributed by atoms with Gasteiger partial charge in [0.25, 0.3) is 0 Å². The summed E-state index contributed by atoms with van der Waals surface area (Å²) in [6.07, 6.45) is 1.47. The van der Waals surface area contributed by atoms with Crippen LogP contribution in [0, 0.1) is 12.7 Å². The van der Waals surface area contributed by atoms with Crippen molar-refractivity contribution in [1.29, 1.82) is 0 Å². The van der Waals surface area contributed by atoms with Crippen molar-refractivity contribution < 1.29 is 9.18 Å². The normalized spacial score (nSPS) is 10.8. The summed E-state index contributed by atoms with van der Waals surface area (Å²) >= 11 is 0. The number of carbonyl (C=O) groups excluding carboxylic acids is 1. The first-order valence-corrected chi connectivity index (χ1v) is 8.26. The van der Waals surface area contributed by atoms with Crippen LogP contribution in [0.15, 0.2) is 48.8 Å². The van der Waals surface area contributed by atoms with Gasteiger partial charge < -0.3 is 5.32 Å². The van der Waals surface area contributed by atoms with Crippen LogP contribution < -0.4 is 5.32 Å². The summed E-state index contributed by atoms with van der Waals surface area (Å²) in [4.78, 5) is 13.3. The molecule has 0 fully saturated rings. The Hall–Kier alpha value is -4.02. The molecular weight excluding hydrogens is 365 g/mol. The van der Waals surface area contributed by atoms with Gasteiger partial charge in [-0.15, -0.1) is 15.3 Å². The molecule has 0 spiro atoms. The number of halogens is 1. The van der Waals surface area contributed by atoms with Gasteiger partial charge in [-0.1, -0.05) is 6.07 Å². The Bertz CT molecular complexity index is 1110. The lowest BCUT2D eigenvalue weighted by atomic mass is 10.1. The molecule has 0 saturated carbocycles. The van der Waals surface area contributed by atoms with Gasteiger partial charge in [0.2, 0.25) is 11.7 Å². The Kier molecular flexibility index (Phi) is 4.54. The van der Waals surface area contributed by atoms with Crippen LogP contribution in [-0.2, 0) is 11.3 Å². The molecule has 1 amide bonds. The molecule has 0 saturated heterocycles. The second kappa shape index (κ2) is 7.31. The van der Waals surface area contributed by atoms with Crippen molar-refractivity contribution >= 4 is 11.6 Å². The third kappa shape index (κ3) is 3.72. The SMILES string of the molecule is Cc1ccc(-c2nnn(CC(=O)Nc3ccc(F)cc3)n2)c(-n2cnnn2)c1. The highest BCUT2D eigenvalue weighted by Crippen LogP contribution is 2.23. The van der Waals surface area contributed by atoms with Crippen molar-refractivity contribution in [3.05, 3.63) is 60.2 Å². The van der Waals surface area contributed by atoms with Crippen molar-refractivity contribution in [3.63, 3.8) is 0 Å². The smallest absolute Gasteiger partial charge is 0.248 e. The van der Waals surface area contributed by atoms with Crippen molar-refractivity contribution in [1.82, 2.24) is 40.4 Å². The van der Waals surface area contributed by atoms with E-state index in [1.165, 1.54) is 40.1 Å². The first-order chi connectivity index (χ1) is 13.6. The predicted molar refractivity (Wildman–Crippen MR) is 95.7 cm³/mol. The van der Waals surface area contributed by atoms with Crippen molar-refractivity contribution in [3.8, 4) is 17.1 Å². The summed E-state index contributed by atoms with van der Waals surface area (Å²) < 4.78 is 14.4. The molecule has 0 aliphatic rings. The van der Waals surface area contributed by atoms with Crippen LogP contribution in [0.5, 0.6) is 0 Å². The molecule has 4 rings (SSSR count). The molecule has 0 atom stereocenters. The van der Waals surface area contributed by atoms with Crippen molar-refractivity contribution in [2.45, 2.75) is 13.5 Å². The molecule has 0 aliphatic heterocycles. The van der Waals surface area contributed by atoms with Gasteiger partial charge in [0, 0.05) is 11.3 Å². The Balaban J connectivity index is 1.53. The summed E-state index contributed by atoms with van der Waals surface area (Å²) in [7, 11) is 0. The molecule has 2 heterocycles. The van der Waals surface area contributed by atoms with E-state index >= 15 is 0 Å². The molecule has 2 aromatic heterocycles. The Labute approximate surface area is 158 Å².